The Balaban J connectivity index is 2.47. The summed E-state index contributed by atoms with van der Waals surface area (Å²) in [5.74, 6) is -1.82. The molecule has 0 saturated carbocycles. The largest absolute Gasteiger partial charge is 0.395 e. The summed E-state index contributed by atoms with van der Waals surface area (Å²) in [7, 11) is 0. The maximum Gasteiger partial charge on any atom is 0.239 e. The number of rotatable bonds is 3. The van der Waals surface area contributed by atoms with E-state index in [9.17, 15) is 9.59 Å². The van der Waals surface area contributed by atoms with E-state index in [4.69, 9.17) is 10.8 Å². The van der Waals surface area contributed by atoms with Crippen molar-refractivity contribution in [3.05, 3.63) is 28.2 Å². The van der Waals surface area contributed by atoms with Crippen LogP contribution in [0.15, 0.2) is 22.7 Å². The third kappa shape index (κ3) is 2.26. The molecule has 1 aliphatic heterocycles. The van der Waals surface area contributed by atoms with E-state index < -0.39 is 11.8 Å². The highest BCUT2D eigenvalue weighted by Crippen LogP contribution is 2.32. The topological polar surface area (TPSA) is 83.6 Å². The highest BCUT2D eigenvalue weighted by molar-refractivity contribution is 9.10. The van der Waals surface area contributed by atoms with Crippen LogP contribution in [0.4, 0.5) is 5.69 Å². The van der Waals surface area contributed by atoms with Crippen molar-refractivity contribution >= 4 is 33.4 Å². The molecule has 2 amide bonds. The molecule has 96 valence electrons. The highest BCUT2D eigenvalue weighted by Gasteiger charge is 2.35. The number of carbonyl (C=O) groups excluding carboxylic acids is 2. The molecular weight excluding hydrogens is 300 g/mol. The Labute approximate surface area is 113 Å². The lowest BCUT2D eigenvalue weighted by molar-refractivity contribution is -0.132. The van der Waals surface area contributed by atoms with Gasteiger partial charge in [0.2, 0.25) is 11.8 Å². The van der Waals surface area contributed by atoms with E-state index >= 15 is 0 Å². The van der Waals surface area contributed by atoms with E-state index in [1.165, 1.54) is 4.90 Å². The van der Waals surface area contributed by atoms with E-state index in [0.717, 1.165) is 15.7 Å². The van der Waals surface area contributed by atoms with Gasteiger partial charge in [-0.3, -0.25) is 9.59 Å². The fraction of sp³-hybridized carbons (Fsp3) is 0.333. The monoisotopic (exact) mass is 312 g/mol. The molecule has 3 N–H and O–H groups in total. The van der Waals surface area contributed by atoms with Gasteiger partial charge in [-0.15, -0.1) is 0 Å². The first-order chi connectivity index (χ1) is 8.54. The van der Waals surface area contributed by atoms with Crippen LogP contribution in [-0.4, -0.2) is 30.1 Å². The summed E-state index contributed by atoms with van der Waals surface area (Å²) in [6.45, 7) is -0.00472. The maximum absolute atomic E-state index is 12.1. The van der Waals surface area contributed by atoms with Crippen LogP contribution in [0.3, 0.4) is 0 Å². The number of hydrogen-bond acceptors (Lipinski definition) is 3. The molecule has 1 aromatic carbocycles. The van der Waals surface area contributed by atoms with Gasteiger partial charge in [0.05, 0.1) is 6.61 Å². The van der Waals surface area contributed by atoms with Gasteiger partial charge in [-0.2, -0.15) is 0 Å². The molecule has 5 nitrogen and oxygen atoms in total. The van der Waals surface area contributed by atoms with E-state index in [-0.39, 0.29) is 19.1 Å². The number of nitrogens with zero attached hydrogens (tertiary/aromatic N) is 1. The molecule has 1 aliphatic rings. The van der Waals surface area contributed by atoms with Gasteiger partial charge >= 0.3 is 0 Å². The number of anilines is 1. The second-order valence-corrected chi connectivity index (χ2v) is 5.06. The summed E-state index contributed by atoms with van der Waals surface area (Å²) in [5.41, 5.74) is 6.85. The van der Waals surface area contributed by atoms with Gasteiger partial charge in [-0.05, 0) is 24.1 Å². The molecular formula is C12H13BrN2O3. The number of halogens is 1. The van der Waals surface area contributed by atoms with E-state index in [1.54, 1.807) is 6.07 Å². The molecule has 0 fully saturated rings. The fourth-order valence-corrected chi connectivity index (χ4v) is 2.48. The van der Waals surface area contributed by atoms with Crippen molar-refractivity contribution in [2.45, 2.75) is 6.42 Å². The summed E-state index contributed by atoms with van der Waals surface area (Å²) in [6, 6.07) is 5.51. The Morgan fingerprint density at radius 2 is 2.28 bits per heavy atom. The molecule has 0 aromatic heterocycles. The molecule has 1 aromatic rings. The molecule has 0 radical (unpaired) electrons. The second-order valence-electron chi connectivity index (χ2n) is 4.15. The zero-order chi connectivity index (χ0) is 13.3. The molecule has 18 heavy (non-hydrogen) atoms. The van der Waals surface area contributed by atoms with Crippen LogP contribution in [0.25, 0.3) is 0 Å². The third-order valence-corrected chi connectivity index (χ3v) is 3.49. The van der Waals surface area contributed by atoms with Gasteiger partial charge in [0, 0.05) is 16.7 Å². The SMILES string of the molecule is NC(=O)C1Cc2ccc(Br)cc2N(CCO)C1=O. The summed E-state index contributed by atoms with van der Waals surface area (Å²) in [6.07, 6.45) is 0.318. The number of primary amides is 1. The number of aliphatic hydroxyl groups is 1. The number of nitrogens with two attached hydrogens (primary N) is 1. The first-order valence-corrected chi connectivity index (χ1v) is 6.34. The summed E-state index contributed by atoms with van der Waals surface area (Å²) in [5, 5.41) is 9.03. The maximum atomic E-state index is 12.1. The quantitative estimate of drug-likeness (QED) is 0.794. The van der Waals surface area contributed by atoms with Crippen LogP contribution in [0.5, 0.6) is 0 Å². The van der Waals surface area contributed by atoms with Crippen LogP contribution in [0.2, 0.25) is 0 Å². The smallest absolute Gasteiger partial charge is 0.239 e. The molecule has 0 aliphatic carbocycles. The van der Waals surface area contributed by atoms with Gasteiger partial charge < -0.3 is 15.7 Å². The van der Waals surface area contributed by atoms with Crippen molar-refractivity contribution in [1.29, 1.82) is 0 Å². The van der Waals surface area contributed by atoms with Crippen molar-refractivity contribution in [3.63, 3.8) is 0 Å². The number of fused-ring (bicyclic) bond motifs is 1. The van der Waals surface area contributed by atoms with Gasteiger partial charge in [0.25, 0.3) is 0 Å². The van der Waals surface area contributed by atoms with E-state index in [0.29, 0.717) is 6.42 Å². The minimum Gasteiger partial charge on any atom is -0.395 e. The van der Waals surface area contributed by atoms with Crippen molar-refractivity contribution in [2.75, 3.05) is 18.1 Å². The van der Waals surface area contributed by atoms with E-state index in [1.807, 2.05) is 12.1 Å². The van der Waals surface area contributed by atoms with Crippen LogP contribution >= 0.6 is 15.9 Å². The number of aliphatic hydroxyl groups excluding tert-OH is 1. The number of benzene rings is 1. The summed E-state index contributed by atoms with van der Waals surface area (Å²) in [4.78, 5) is 24.8. The molecule has 1 unspecified atom stereocenters. The second kappa shape index (κ2) is 5.07. The number of hydrogen-bond donors (Lipinski definition) is 2. The third-order valence-electron chi connectivity index (χ3n) is 2.99. The lowest BCUT2D eigenvalue weighted by Crippen LogP contribution is -2.47. The standard InChI is InChI=1S/C12H13BrN2O3/c13-8-2-1-7-5-9(11(14)17)12(18)15(3-4-16)10(7)6-8/h1-2,6,9,16H,3-5H2,(H2,14,17). The molecule has 1 atom stereocenters. The average Bonchev–Trinajstić information content (AvgIpc) is 2.32. The van der Waals surface area contributed by atoms with Crippen LogP contribution < -0.4 is 10.6 Å². The highest BCUT2D eigenvalue weighted by atomic mass is 79.9. The van der Waals surface area contributed by atoms with Crippen molar-refractivity contribution in [2.24, 2.45) is 11.7 Å². The summed E-state index contributed by atoms with van der Waals surface area (Å²) >= 11 is 3.34. The number of β-amino-alcohol motifs (C(OH)–C–C–N with tert-alkyl or cyclic N) is 1. The Morgan fingerprint density at radius 3 is 2.89 bits per heavy atom. The first-order valence-electron chi connectivity index (χ1n) is 5.54. The Hall–Kier alpha value is -1.40. The summed E-state index contributed by atoms with van der Waals surface area (Å²) < 4.78 is 0.842. The van der Waals surface area contributed by atoms with Gasteiger partial charge in [0.15, 0.2) is 0 Å². The minimum absolute atomic E-state index is 0.159. The predicted octanol–water partition coefficient (Wildman–Crippen LogP) is 0.432. The zero-order valence-electron chi connectivity index (χ0n) is 9.60. The molecule has 1 heterocycles. The van der Waals surface area contributed by atoms with Gasteiger partial charge in [0.1, 0.15) is 5.92 Å². The number of carbonyl (C=O) groups is 2. The Kier molecular flexibility index (Phi) is 3.68. The predicted molar refractivity (Wildman–Crippen MR) is 70.0 cm³/mol. The molecule has 0 saturated heterocycles. The van der Waals surface area contributed by atoms with Crippen LogP contribution in [-0.2, 0) is 16.0 Å². The Bertz CT molecular complexity index is 504. The minimum atomic E-state index is -0.842. The lowest BCUT2D eigenvalue weighted by atomic mass is 9.91. The van der Waals surface area contributed by atoms with Gasteiger partial charge in [-0.1, -0.05) is 22.0 Å². The van der Waals surface area contributed by atoms with Crippen molar-refractivity contribution in [1.82, 2.24) is 0 Å². The normalized spacial score (nSPS) is 18.7. The van der Waals surface area contributed by atoms with Crippen LogP contribution in [0.1, 0.15) is 5.56 Å². The Morgan fingerprint density at radius 1 is 1.56 bits per heavy atom. The molecule has 0 spiro atoms. The first kappa shape index (κ1) is 13.0. The van der Waals surface area contributed by atoms with E-state index in [2.05, 4.69) is 15.9 Å². The molecule has 6 heteroatoms. The average molecular weight is 313 g/mol. The number of amides is 2. The van der Waals surface area contributed by atoms with Crippen molar-refractivity contribution < 1.29 is 14.7 Å². The lowest BCUT2D eigenvalue weighted by Gasteiger charge is -2.32. The molecule has 2 rings (SSSR count). The molecule has 0 bridgehead atoms. The van der Waals surface area contributed by atoms with Crippen molar-refractivity contribution in [3.8, 4) is 0 Å². The van der Waals surface area contributed by atoms with Crippen LogP contribution in [0, 0.1) is 5.92 Å². The zero-order valence-corrected chi connectivity index (χ0v) is 11.2. The van der Waals surface area contributed by atoms with Gasteiger partial charge in [-0.25, -0.2) is 0 Å². The fourth-order valence-electron chi connectivity index (χ4n) is 2.13.